The van der Waals surface area contributed by atoms with E-state index in [4.69, 9.17) is 4.42 Å². The summed E-state index contributed by atoms with van der Waals surface area (Å²) < 4.78 is 6.77. The molecule has 0 bridgehead atoms. The average molecular weight is 710 g/mol. The standard InChI is InChI=1S/C53H43NO/c1-52(2,3)37-26-28-38(29-27-37)54(39-32-44(35-15-7-6-8-16-35)50-42-20-11-12-22-45(42)53(4,5)46(50)33-39)47-23-14-24-48-51(47)43-30-25-36(31-49(43)55-48)41-21-13-18-34-17-9-10-19-40(34)41/h6-33H,1-5H3. The van der Waals surface area contributed by atoms with Crippen LogP contribution in [0, 0.1) is 0 Å². The molecule has 1 heterocycles. The molecule has 0 radical (unpaired) electrons. The Labute approximate surface area is 323 Å². The third kappa shape index (κ3) is 5.31. The second kappa shape index (κ2) is 12.3. The van der Waals surface area contributed by atoms with Crippen molar-refractivity contribution in [2.75, 3.05) is 4.90 Å². The van der Waals surface area contributed by atoms with E-state index in [9.17, 15) is 0 Å². The lowest BCUT2D eigenvalue weighted by atomic mass is 9.81. The third-order valence-electron chi connectivity index (χ3n) is 11.8. The Morgan fingerprint density at radius 2 is 1.20 bits per heavy atom. The lowest BCUT2D eigenvalue weighted by Crippen LogP contribution is -2.17. The number of nitrogens with zero attached hydrogens (tertiary/aromatic N) is 1. The van der Waals surface area contributed by atoms with E-state index >= 15 is 0 Å². The summed E-state index contributed by atoms with van der Waals surface area (Å²) in [6.45, 7) is 11.6. The summed E-state index contributed by atoms with van der Waals surface area (Å²) >= 11 is 0. The van der Waals surface area contributed by atoms with Crippen molar-refractivity contribution in [3.8, 4) is 33.4 Å². The van der Waals surface area contributed by atoms with Crippen molar-refractivity contribution in [2.45, 2.75) is 45.4 Å². The fourth-order valence-corrected chi connectivity index (χ4v) is 8.95. The van der Waals surface area contributed by atoms with Gasteiger partial charge in [-0.25, -0.2) is 0 Å². The van der Waals surface area contributed by atoms with Gasteiger partial charge in [-0.15, -0.1) is 0 Å². The van der Waals surface area contributed by atoms with Gasteiger partial charge in [-0.05, 0) is 115 Å². The topological polar surface area (TPSA) is 16.4 Å². The van der Waals surface area contributed by atoms with Crippen molar-refractivity contribution in [2.24, 2.45) is 0 Å². The van der Waals surface area contributed by atoms with Crippen LogP contribution >= 0.6 is 0 Å². The number of rotatable bonds is 5. The maximum absolute atomic E-state index is 6.77. The first-order valence-electron chi connectivity index (χ1n) is 19.3. The molecule has 0 atom stereocenters. The molecule has 0 fully saturated rings. The van der Waals surface area contributed by atoms with Crippen LogP contribution in [0.25, 0.3) is 66.1 Å². The van der Waals surface area contributed by atoms with E-state index < -0.39 is 0 Å². The molecule has 0 amide bonds. The molecule has 0 spiro atoms. The molecule has 2 heteroatoms. The minimum atomic E-state index is -0.181. The number of benzene rings is 8. The maximum atomic E-state index is 6.77. The molecule has 0 N–H and O–H groups in total. The largest absolute Gasteiger partial charge is 0.456 e. The first-order valence-corrected chi connectivity index (χ1v) is 19.3. The van der Waals surface area contributed by atoms with Gasteiger partial charge < -0.3 is 9.32 Å². The van der Waals surface area contributed by atoms with E-state index in [2.05, 4.69) is 209 Å². The highest BCUT2D eigenvalue weighted by atomic mass is 16.3. The van der Waals surface area contributed by atoms with Crippen molar-refractivity contribution in [3.05, 3.63) is 187 Å². The predicted octanol–water partition coefficient (Wildman–Crippen LogP) is 15.1. The van der Waals surface area contributed by atoms with Crippen LogP contribution < -0.4 is 4.90 Å². The molecule has 1 aliphatic carbocycles. The van der Waals surface area contributed by atoms with Crippen LogP contribution in [0.1, 0.15) is 51.3 Å². The number of fused-ring (bicyclic) bond motifs is 7. The Balaban J connectivity index is 1.23. The van der Waals surface area contributed by atoms with Gasteiger partial charge in [0.15, 0.2) is 0 Å². The summed E-state index contributed by atoms with van der Waals surface area (Å²) in [6.07, 6.45) is 0. The highest BCUT2D eigenvalue weighted by Crippen LogP contribution is 2.55. The zero-order valence-corrected chi connectivity index (χ0v) is 32.0. The highest BCUT2D eigenvalue weighted by molar-refractivity contribution is 6.14. The molecule has 266 valence electrons. The smallest absolute Gasteiger partial charge is 0.137 e. The van der Waals surface area contributed by atoms with Gasteiger partial charge in [0.1, 0.15) is 11.2 Å². The quantitative estimate of drug-likeness (QED) is 0.177. The van der Waals surface area contributed by atoms with Gasteiger partial charge in [-0.3, -0.25) is 0 Å². The van der Waals surface area contributed by atoms with Gasteiger partial charge in [0.25, 0.3) is 0 Å². The summed E-state index contributed by atoms with van der Waals surface area (Å²) in [5, 5.41) is 4.67. The summed E-state index contributed by atoms with van der Waals surface area (Å²) in [6, 6.07) is 62.2. The Hall–Kier alpha value is -6.38. The molecule has 0 aliphatic heterocycles. The van der Waals surface area contributed by atoms with Gasteiger partial charge in [0.2, 0.25) is 0 Å². The van der Waals surface area contributed by atoms with Crippen molar-refractivity contribution >= 4 is 49.8 Å². The number of anilines is 3. The average Bonchev–Trinajstić information content (AvgIpc) is 3.69. The van der Waals surface area contributed by atoms with Crippen LogP contribution in [0.2, 0.25) is 0 Å². The van der Waals surface area contributed by atoms with E-state index in [1.54, 1.807) is 0 Å². The molecule has 10 rings (SSSR count). The molecule has 1 aliphatic rings. The number of hydrogen-bond acceptors (Lipinski definition) is 2. The zero-order chi connectivity index (χ0) is 37.5. The lowest BCUT2D eigenvalue weighted by Gasteiger charge is -2.30. The summed E-state index contributed by atoms with van der Waals surface area (Å²) in [7, 11) is 0. The second-order valence-corrected chi connectivity index (χ2v) is 16.6. The summed E-state index contributed by atoms with van der Waals surface area (Å²) in [4.78, 5) is 2.45. The van der Waals surface area contributed by atoms with Gasteiger partial charge in [-0.1, -0.05) is 156 Å². The first-order chi connectivity index (χ1) is 26.7. The second-order valence-electron chi connectivity index (χ2n) is 16.6. The van der Waals surface area contributed by atoms with Gasteiger partial charge >= 0.3 is 0 Å². The molecule has 8 aromatic carbocycles. The first kappa shape index (κ1) is 33.2. The van der Waals surface area contributed by atoms with E-state index in [1.165, 1.54) is 55.3 Å². The monoisotopic (exact) mass is 709 g/mol. The molecule has 0 saturated carbocycles. The third-order valence-corrected chi connectivity index (χ3v) is 11.8. The number of furan rings is 1. The SMILES string of the molecule is CC(C)(C)c1ccc(N(c2cc(-c3ccccc3)c3c(c2)C(C)(C)c2ccccc2-3)c2cccc3oc4cc(-c5cccc6ccccc56)ccc4c23)cc1. The summed E-state index contributed by atoms with van der Waals surface area (Å²) in [5.74, 6) is 0. The van der Waals surface area contributed by atoms with Crippen LogP contribution in [-0.4, -0.2) is 0 Å². The van der Waals surface area contributed by atoms with Gasteiger partial charge in [0.05, 0.1) is 11.1 Å². The normalized spacial score (nSPS) is 13.3. The zero-order valence-electron chi connectivity index (χ0n) is 32.0. The Bertz CT molecular complexity index is 2920. The molecule has 1 aromatic heterocycles. The molecule has 0 saturated heterocycles. The highest BCUT2D eigenvalue weighted by Gasteiger charge is 2.38. The Kier molecular flexibility index (Phi) is 7.44. The van der Waals surface area contributed by atoms with Crippen molar-refractivity contribution < 1.29 is 4.42 Å². The lowest BCUT2D eigenvalue weighted by molar-refractivity contribution is 0.590. The van der Waals surface area contributed by atoms with E-state index in [0.29, 0.717) is 0 Å². The van der Waals surface area contributed by atoms with Crippen LogP contribution in [0.15, 0.2) is 174 Å². The van der Waals surface area contributed by atoms with Crippen molar-refractivity contribution in [1.82, 2.24) is 0 Å². The van der Waals surface area contributed by atoms with Crippen LogP contribution in [0.4, 0.5) is 17.1 Å². The van der Waals surface area contributed by atoms with Gasteiger partial charge in [-0.2, -0.15) is 0 Å². The molecule has 0 unspecified atom stereocenters. The molecular formula is C53H43NO. The van der Waals surface area contributed by atoms with E-state index in [0.717, 1.165) is 44.6 Å². The summed E-state index contributed by atoms with van der Waals surface area (Å²) in [5.41, 5.74) is 16.4. The molecular weight excluding hydrogens is 667 g/mol. The minimum Gasteiger partial charge on any atom is -0.456 e. The van der Waals surface area contributed by atoms with Crippen molar-refractivity contribution in [3.63, 3.8) is 0 Å². The van der Waals surface area contributed by atoms with Crippen LogP contribution in [-0.2, 0) is 10.8 Å². The van der Waals surface area contributed by atoms with E-state index in [-0.39, 0.29) is 10.8 Å². The van der Waals surface area contributed by atoms with Crippen molar-refractivity contribution in [1.29, 1.82) is 0 Å². The van der Waals surface area contributed by atoms with Gasteiger partial charge in [0, 0.05) is 22.2 Å². The molecule has 2 nitrogen and oxygen atoms in total. The fraction of sp³-hybridized carbons (Fsp3) is 0.132. The van der Waals surface area contributed by atoms with Crippen LogP contribution in [0.5, 0.6) is 0 Å². The minimum absolute atomic E-state index is 0.0375. The predicted molar refractivity (Wildman–Crippen MR) is 233 cm³/mol. The maximum Gasteiger partial charge on any atom is 0.137 e. The Morgan fingerprint density at radius 1 is 0.491 bits per heavy atom. The fourth-order valence-electron chi connectivity index (χ4n) is 8.95. The molecule has 9 aromatic rings. The van der Waals surface area contributed by atoms with E-state index in [1.807, 2.05) is 0 Å². The number of hydrogen-bond donors (Lipinski definition) is 0. The van der Waals surface area contributed by atoms with Crippen LogP contribution in [0.3, 0.4) is 0 Å². The Morgan fingerprint density at radius 3 is 2.02 bits per heavy atom. The molecule has 55 heavy (non-hydrogen) atoms.